The minimum atomic E-state index is -4.86. The molecule has 0 saturated carbocycles. The van der Waals surface area contributed by atoms with Gasteiger partial charge < -0.3 is 10.1 Å². The van der Waals surface area contributed by atoms with E-state index in [4.69, 9.17) is 0 Å². The molecular formula is C13H18ClF3N2O3S. The number of nitrogens with one attached hydrogen (secondary N) is 1. The summed E-state index contributed by atoms with van der Waals surface area (Å²) in [6.07, 6.45) is -4.86. The van der Waals surface area contributed by atoms with Crippen molar-refractivity contribution in [2.24, 2.45) is 0 Å². The van der Waals surface area contributed by atoms with Gasteiger partial charge in [-0.1, -0.05) is 6.07 Å². The number of nitrogens with zero attached hydrogens (tertiary/aromatic N) is 1. The number of sulfonamides is 1. The van der Waals surface area contributed by atoms with Crippen LogP contribution in [-0.4, -0.2) is 44.3 Å². The first-order valence-electron chi connectivity index (χ1n) is 6.70. The van der Waals surface area contributed by atoms with E-state index in [0.29, 0.717) is 0 Å². The van der Waals surface area contributed by atoms with Crippen LogP contribution in [0, 0.1) is 0 Å². The van der Waals surface area contributed by atoms with E-state index in [0.717, 1.165) is 12.1 Å². The highest BCUT2D eigenvalue weighted by atomic mass is 35.5. The second-order valence-electron chi connectivity index (χ2n) is 5.31. The van der Waals surface area contributed by atoms with Crippen molar-refractivity contribution in [2.75, 3.05) is 13.1 Å². The lowest BCUT2D eigenvalue weighted by molar-refractivity contribution is -0.274. The van der Waals surface area contributed by atoms with Gasteiger partial charge in [0.05, 0.1) is 4.90 Å². The molecule has 1 heterocycles. The Kier molecular flexibility index (Phi) is 6.31. The Morgan fingerprint density at radius 2 is 1.78 bits per heavy atom. The van der Waals surface area contributed by atoms with Gasteiger partial charge in [0.1, 0.15) is 5.75 Å². The lowest BCUT2D eigenvalue weighted by atomic mass is 10.2. The molecule has 10 heteroatoms. The predicted octanol–water partition coefficient (Wildman–Crippen LogP) is 2.38. The molecule has 0 aliphatic carbocycles. The average molecular weight is 375 g/mol. The van der Waals surface area contributed by atoms with Gasteiger partial charge in [0.25, 0.3) is 0 Å². The van der Waals surface area contributed by atoms with Crippen molar-refractivity contribution in [3.63, 3.8) is 0 Å². The van der Waals surface area contributed by atoms with Crippen LogP contribution in [0.15, 0.2) is 29.2 Å². The van der Waals surface area contributed by atoms with E-state index < -0.39 is 22.1 Å². The third kappa shape index (κ3) is 5.23. The molecule has 2 atom stereocenters. The van der Waals surface area contributed by atoms with Gasteiger partial charge in [-0.3, -0.25) is 0 Å². The van der Waals surface area contributed by atoms with Gasteiger partial charge in [-0.05, 0) is 26.0 Å². The first-order valence-corrected chi connectivity index (χ1v) is 8.14. The van der Waals surface area contributed by atoms with Gasteiger partial charge in [0, 0.05) is 31.2 Å². The largest absolute Gasteiger partial charge is 0.573 e. The summed E-state index contributed by atoms with van der Waals surface area (Å²) < 4.78 is 66.9. The van der Waals surface area contributed by atoms with Gasteiger partial charge in [-0.2, -0.15) is 4.31 Å². The fourth-order valence-corrected chi connectivity index (χ4v) is 4.11. The Balaban J connectivity index is 0.00000264. The quantitative estimate of drug-likeness (QED) is 0.882. The van der Waals surface area contributed by atoms with Crippen LogP contribution < -0.4 is 10.1 Å². The highest BCUT2D eigenvalue weighted by Crippen LogP contribution is 2.27. The second-order valence-corrected chi connectivity index (χ2v) is 7.25. The van der Waals surface area contributed by atoms with Crippen molar-refractivity contribution in [2.45, 2.75) is 37.2 Å². The number of hydrogen-bond donors (Lipinski definition) is 1. The average Bonchev–Trinajstić information content (AvgIpc) is 2.35. The minimum absolute atomic E-state index is 0. The summed E-state index contributed by atoms with van der Waals surface area (Å²) in [4.78, 5) is -0.212. The van der Waals surface area contributed by atoms with Crippen LogP contribution >= 0.6 is 12.4 Å². The summed E-state index contributed by atoms with van der Waals surface area (Å²) in [5.41, 5.74) is 0. The lowest BCUT2D eigenvalue weighted by Crippen LogP contribution is -2.55. The Bertz CT molecular complexity index is 630. The molecule has 2 unspecified atom stereocenters. The van der Waals surface area contributed by atoms with Gasteiger partial charge in [0.2, 0.25) is 10.0 Å². The number of ether oxygens (including phenoxy) is 1. The summed E-state index contributed by atoms with van der Waals surface area (Å²) >= 11 is 0. The zero-order chi connectivity index (χ0) is 16.5. The van der Waals surface area contributed by atoms with Crippen LogP contribution in [0.3, 0.4) is 0 Å². The Hall–Kier alpha value is -1.03. The molecule has 1 aliphatic heterocycles. The molecule has 0 bridgehead atoms. The molecule has 132 valence electrons. The lowest BCUT2D eigenvalue weighted by Gasteiger charge is -2.35. The Morgan fingerprint density at radius 1 is 1.22 bits per heavy atom. The molecule has 0 aromatic heterocycles. The first kappa shape index (κ1) is 20.0. The highest BCUT2D eigenvalue weighted by Gasteiger charge is 2.33. The fourth-order valence-electron chi connectivity index (χ4n) is 2.45. The third-order valence-electron chi connectivity index (χ3n) is 3.20. The maximum absolute atomic E-state index is 12.6. The van der Waals surface area contributed by atoms with E-state index >= 15 is 0 Å². The number of hydrogen-bond acceptors (Lipinski definition) is 4. The van der Waals surface area contributed by atoms with Crippen molar-refractivity contribution >= 4 is 22.4 Å². The summed E-state index contributed by atoms with van der Waals surface area (Å²) in [7, 11) is -3.86. The van der Waals surface area contributed by atoms with E-state index in [9.17, 15) is 21.6 Å². The molecule has 1 aliphatic rings. The van der Waals surface area contributed by atoms with E-state index in [-0.39, 0.29) is 42.5 Å². The van der Waals surface area contributed by atoms with Gasteiger partial charge in [-0.15, -0.1) is 25.6 Å². The van der Waals surface area contributed by atoms with Crippen molar-refractivity contribution < 1.29 is 26.3 Å². The minimum Gasteiger partial charge on any atom is -0.406 e. The van der Waals surface area contributed by atoms with E-state index in [1.54, 1.807) is 0 Å². The molecule has 1 N–H and O–H groups in total. The maximum Gasteiger partial charge on any atom is 0.573 e. The first-order chi connectivity index (χ1) is 10.1. The number of alkyl halides is 3. The van der Waals surface area contributed by atoms with Crippen molar-refractivity contribution in [1.82, 2.24) is 9.62 Å². The Morgan fingerprint density at radius 3 is 2.30 bits per heavy atom. The summed E-state index contributed by atoms with van der Waals surface area (Å²) in [5.74, 6) is -0.551. The predicted molar refractivity (Wildman–Crippen MR) is 81.2 cm³/mol. The number of piperazine rings is 1. The van der Waals surface area contributed by atoms with Crippen molar-refractivity contribution in [1.29, 1.82) is 0 Å². The molecule has 0 spiro atoms. The van der Waals surface area contributed by atoms with Crippen LogP contribution in [0.2, 0.25) is 0 Å². The topological polar surface area (TPSA) is 58.6 Å². The van der Waals surface area contributed by atoms with Gasteiger partial charge >= 0.3 is 6.36 Å². The van der Waals surface area contributed by atoms with Crippen LogP contribution in [0.5, 0.6) is 5.75 Å². The normalized spacial score (nSPS) is 23.2. The van der Waals surface area contributed by atoms with E-state index in [2.05, 4.69) is 10.1 Å². The molecule has 1 aromatic rings. The number of benzene rings is 1. The summed E-state index contributed by atoms with van der Waals surface area (Å²) in [5, 5.41) is 3.20. The molecule has 1 saturated heterocycles. The standard InChI is InChI=1S/C13H17F3N2O3S.ClH/c1-9-7-18(8-10(2)17-9)22(19,20)12-5-3-4-11(6-12)21-13(14,15)16;/h3-6,9-10,17H,7-8H2,1-2H3;1H. The molecule has 0 radical (unpaired) electrons. The van der Waals surface area contributed by atoms with Crippen LogP contribution in [-0.2, 0) is 10.0 Å². The zero-order valence-electron chi connectivity index (χ0n) is 12.5. The molecule has 2 rings (SSSR count). The van der Waals surface area contributed by atoms with Gasteiger partial charge in [0.15, 0.2) is 0 Å². The van der Waals surface area contributed by atoms with Crippen LogP contribution in [0.25, 0.3) is 0 Å². The van der Waals surface area contributed by atoms with E-state index in [1.165, 1.54) is 16.4 Å². The molecule has 23 heavy (non-hydrogen) atoms. The number of halogens is 4. The second kappa shape index (κ2) is 7.25. The van der Waals surface area contributed by atoms with E-state index in [1.807, 2.05) is 13.8 Å². The van der Waals surface area contributed by atoms with Crippen molar-refractivity contribution in [3.05, 3.63) is 24.3 Å². The maximum atomic E-state index is 12.6. The summed E-state index contributed by atoms with van der Waals surface area (Å²) in [6.45, 7) is 4.22. The SMILES string of the molecule is CC1CN(S(=O)(=O)c2cccc(OC(F)(F)F)c2)CC(C)N1.Cl. The zero-order valence-corrected chi connectivity index (χ0v) is 14.1. The van der Waals surface area contributed by atoms with Crippen LogP contribution in [0.4, 0.5) is 13.2 Å². The highest BCUT2D eigenvalue weighted by molar-refractivity contribution is 7.89. The number of rotatable bonds is 3. The van der Waals surface area contributed by atoms with Crippen molar-refractivity contribution in [3.8, 4) is 5.75 Å². The van der Waals surface area contributed by atoms with Crippen LogP contribution in [0.1, 0.15) is 13.8 Å². The van der Waals surface area contributed by atoms with Gasteiger partial charge in [-0.25, -0.2) is 8.42 Å². The molecular weight excluding hydrogens is 357 g/mol. The third-order valence-corrected chi connectivity index (χ3v) is 5.03. The fraction of sp³-hybridized carbons (Fsp3) is 0.538. The Labute approximate surface area is 139 Å². The molecule has 1 aromatic carbocycles. The monoisotopic (exact) mass is 374 g/mol. The summed E-state index contributed by atoms with van der Waals surface area (Å²) in [6, 6.07) is 4.37. The smallest absolute Gasteiger partial charge is 0.406 e. The molecule has 1 fully saturated rings. The molecule has 0 amide bonds. The molecule has 5 nitrogen and oxygen atoms in total.